The van der Waals surface area contributed by atoms with Crippen molar-refractivity contribution in [2.45, 2.75) is 32.2 Å². The van der Waals surface area contributed by atoms with Crippen molar-refractivity contribution in [1.82, 2.24) is 14.9 Å². The highest BCUT2D eigenvalue weighted by molar-refractivity contribution is 5.93. The molecule has 1 saturated heterocycles. The minimum absolute atomic E-state index is 0.131. The van der Waals surface area contributed by atoms with Gasteiger partial charge in [0.2, 0.25) is 0 Å². The van der Waals surface area contributed by atoms with E-state index in [1.165, 1.54) is 0 Å². The van der Waals surface area contributed by atoms with Crippen LogP contribution in [0.5, 0.6) is 5.75 Å². The van der Waals surface area contributed by atoms with E-state index in [2.05, 4.69) is 16.9 Å². The Bertz CT molecular complexity index is 783. The summed E-state index contributed by atoms with van der Waals surface area (Å²) in [6.07, 6.45) is 2.94. The summed E-state index contributed by atoms with van der Waals surface area (Å²) in [5.74, 6) is 0.594. The molecule has 1 aliphatic heterocycles. The second-order valence-corrected chi connectivity index (χ2v) is 5.92. The van der Waals surface area contributed by atoms with Crippen molar-refractivity contribution in [2.24, 2.45) is 0 Å². The normalized spacial score (nSPS) is 17.1. The number of nitrogens with one attached hydrogen (secondary N) is 1. The quantitative estimate of drug-likeness (QED) is 0.936. The fourth-order valence-corrected chi connectivity index (χ4v) is 3.16. The molecule has 1 amide bonds. The molecule has 1 atom stereocenters. The summed E-state index contributed by atoms with van der Waals surface area (Å²) in [5, 5.41) is 0. The summed E-state index contributed by atoms with van der Waals surface area (Å²) in [6.45, 7) is 2.81. The SMILES string of the molecule is CCC1CCCN1C(=O)c1cc(-c2ccc(OC)cc2)nc(=O)[nH]1. The topological polar surface area (TPSA) is 75.3 Å². The smallest absolute Gasteiger partial charge is 0.346 e. The predicted octanol–water partition coefficient (Wildman–Crippen LogP) is 2.46. The number of likely N-dealkylation sites (tertiary alicyclic amines) is 1. The number of ether oxygens (including phenoxy) is 1. The maximum absolute atomic E-state index is 12.8. The molecule has 6 heteroatoms. The molecular formula is C18H21N3O3. The van der Waals surface area contributed by atoms with Gasteiger partial charge in [-0.2, -0.15) is 4.98 Å². The molecule has 0 aliphatic carbocycles. The van der Waals surface area contributed by atoms with Crippen LogP contribution < -0.4 is 10.4 Å². The molecule has 1 aromatic heterocycles. The van der Waals surface area contributed by atoms with Gasteiger partial charge in [0.15, 0.2) is 0 Å². The number of rotatable bonds is 4. The first-order valence-electron chi connectivity index (χ1n) is 8.19. The van der Waals surface area contributed by atoms with Gasteiger partial charge in [0.25, 0.3) is 5.91 Å². The average Bonchev–Trinajstić information content (AvgIpc) is 3.09. The first-order valence-corrected chi connectivity index (χ1v) is 8.19. The Morgan fingerprint density at radius 1 is 1.38 bits per heavy atom. The van der Waals surface area contributed by atoms with E-state index in [0.29, 0.717) is 11.4 Å². The van der Waals surface area contributed by atoms with Crippen LogP contribution in [-0.4, -0.2) is 40.5 Å². The highest BCUT2D eigenvalue weighted by Crippen LogP contribution is 2.23. The molecule has 0 spiro atoms. The third kappa shape index (κ3) is 3.18. The lowest BCUT2D eigenvalue weighted by Crippen LogP contribution is -2.36. The summed E-state index contributed by atoms with van der Waals surface area (Å²) < 4.78 is 5.13. The van der Waals surface area contributed by atoms with Crippen molar-refractivity contribution in [3.63, 3.8) is 0 Å². The fraction of sp³-hybridized carbons (Fsp3) is 0.389. The molecule has 1 aromatic carbocycles. The maximum Gasteiger partial charge on any atom is 0.346 e. The van der Waals surface area contributed by atoms with Gasteiger partial charge in [-0.25, -0.2) is 4.79 Å². The molecule has 2 heterocycles. The molecule has 126 valence electrons. The van der Waals surface area contributed by atoms with Crippen molar-refractivity contribution >= 4 is 5.91 Å². The number of benzene rings is 1. The summed E-state index contributed by atoms with van der Waals surface area (Å²) >= 11 is 0. The first kappa shape index (κ1) is 16.2. The molecule has 0 radical (unpaired) electrons. The zero-order valence-corrected chi connectivity index (χ0v) is 13.9. The average molecular weight is 327 g/mol. The molecule has 1 aliphatic rings. The number of aromatic nitrogens is 2. The Morgan fingerprint density at radius 2 is 2.12 bits per heavy atom. The van der Waals surface area contributed by atoms with Crippen LogP contribution in [0.1, 0.15) is 36.7 Å². The van der Waals surface area contributed by atoms with E-state index in [0.717, 1.165) is 37.1 Å². The minimum Gasteiger partial charge on any atom is -0.497 e. The lowest BCUT2D eigenvalue weighted by atomic mass is 10.1. The van der Waals surface area contributed by atoms with E-state index >= 15 is 0 Å². The molecule has 0 bridgehead atoms. The Labute approximate surface area is 140 Å². The second kappa shape index (κ2) is 6.86. The minimum atomic E-state index is -0.515. The zero-order chi connectivity index (χ0) is 17.1. The van der Waals surface area contributed by atoms with Gasteiger partial charge in [-0.1, -0.05) is 6.92 Å². The molecule has 1 unspecified atom stereocenters. The Balaban J connectivity index is 1.93. The monoisotopic (exact) mass is 327 g/mol. The van der Waals surface area contributed by atoms with Gasteiger partial charge >= 0.3 is 5.69 Å². The third-order valence-electron chi connectivity index (χ3n) is 4.47. The number of H-pyrrole nitrogens is 1. The van der Waals surface area contributed by atoms with Crippen LogP contribution in [0.15, 0.2) is 35.1 Å². The molecule has 6 nitrogen and oxygen atoms in total. The lowest BCUT2D eigenvalue weighted by Gasteiger charge is -2.23. The number of nitrogens with zero attached hydrogens (tertiary/aromatic N) is 2. The van der Waals surface area contributed by atoms with Crippen molar-refractivity contribution in [3.05, 3.63) is 46.5 Å². The number of aromatic amines is 1. The summed E-state index contributed by atoms with van der Waals surface area (Å²) in [5.41, 5.74) is 1.03. The largest absolute Gasteiger partial charge is 0.497 e. The number of hydrogen-bond donors (Lipinski definition) is 1. The zero-order valence-electron chi connectivity index (χ0n) is 13.9. The Hall–Kier alpha value is -2.63. The van der Waals surface area contributed by atoms with Gasteiger partial charge < -0.3 is 14.6 Å². The molecule has 1 N–H and O–H groups in total. The van der Waals surface area contributed by atoms with Gasteiger partial charge in [0, 0.05) is 18.2 Å². The number of hydrogen-bond acceptors (Lipinski definition) is 4. The van der Waals surface area contributed by atoms with Crippen LogP contribution in [0.25, 0.3) is 11.3 Å². The summed E-state index contributed by atoms with van der Waals surface area (Å²) in [6, 6.07) is 9.13. The van der Waals surface area contributed by atoms with E-state index < -0.39 is 5.69 Å². The highest BCUT2D eigenvalue weighted by atomic mass is 16.5. The van der Waals surface area contributed by atoms with Crippen LogP contribution in [-0.2, 0) is 0 Å². The maximum atomic E-state index is 12.8. The fourth-order valence-electron chi connectivity index (χ4n) is 3.16. The molecule has 0 saturated carbocycles. The number of amides is 1. The van der Waals surface area contributed by atoms with Crippen molar-refractivity contribution in [3.8, 4) is 17.0 Å². The van der Waals surface area contributed by atoms with Gasteiger partial charge in [-0.3, -0.25) is 4.79 Å². The van der Waals surface area contributed by atoms with Crippen LogP contribution >= 0.6 is 0 Å². The summed E-state index contributed by atoms with van der Waals surface area (Å²) in [4.78, 5) is 33.1. The van der Waals surface area contributed by atoms with Crippen LogP contribution in [0.4, 0.5) is 0 Å². The van der Waals surface area contributed by atoms with Gasteiger partial charge in [-0.05, 0) is 49.6 Å². The second-order valence-electron chi connectivity index (χ2n) is 5.92. The lowest BCUT2D eigenvalue weighted by molar-refractivity contribution is 0.0727. The number of carbonyl (C=O) groups is 1. The van der Waals surface area contributed by atoms with E-state index in [-0.39, 0.29) is 11.9 Å². The molecule has 24 heavy (non-hydrogen) atoms. The third-order valence-corrected chi connectivity index (χ3v) is 4.47. The van der Waals surface area contributed by atoms with Crippen LogP contribution in [0.2, 0.25) is 0 Å². The first-order chi connectivity index (χ1) is 11.6. The van der Waals surface area contributed by atoms with Gasteiger partial charge in [0.1, 0.15) is 11.4 Å². The van der Waals surface area contributed by atoms with Crippen molar-refractivity contribution in [1.29, 1.82) is 0 Å². The van der Waals surface area contributed by atoms with E-state index in [4.69, 9.17) is 4.74 Å². The number of carbonyl (C=O) groups excluding carboxylic acids is 1. The standard InChI is InChI=1S/C18H21N3O3/c1-3-13-5-4-10-21(13)17(22)16-11-15(19-18(23)20-16)12-6-8-14(24-2)9-7-12/h6-9,11,13H,3-5,10H2,1-2H3,(H,19,20,23). The van der Waals surface area contributed by atoms with E-state index in [1.54, 1.807) is 25.3 Å². The molecule has 3 rings (SSSR count). The van der Waals surface area contributed by atoms with Crippen molar-refractivity contribution in [2.75, 3.05) is 13.7 Å². The van der Waals surface area contributed by atoms with Gasteiger partial charge in [-0.15, -0.1) is 0 Å². The van der Waals surface area contributed by atoms with E-state index in [1.807, 2.05) is 17.0 Å². The Kier molecular flexibility index (Phi) is 4.64. The molecule has 2 aromatic rings. The molecule has 1 fully saturated rings. The van der Waals surface area contributed by atoms with Crippen molar-refractivity contribution < 1.29 is 9.53 Å². The van der Waals surface area contributed by atoms with Crippen LogP contribution in [0.3, 0.4) is 0 Å². The van der Waals surface area contributed by atoms with Gasteiger partial charge in [0.05, 0.1) is 12.8 Å². The Morgan fingerprint density at radius 3 is 2.79 bits per heavy atom. The highest BCUT2D eigenvalue weighted by Gasteiger charge is 2.28. The van der Waals surface area contributed by atoms with Crippen LogP contribution in [0, 0.1) is 0 Å². The molecular weight excluding hydrogens is 306 g/mol. The predicted molar refractivity (Wildman–Crippen MR) is 91.2 cm³/mol. The summed E-state index contributed by atoms with van der Waals surface area (Å²) in [7, 11) is 1.59. The van der Waals surface area contributed by atoms with E-state index in [9.17, 15) is 9.59 Å². The number of methoxy groups -OCH3 is 1.